The predicted octanol–water partition coefficient (Wildman–Crippen LogP) is 3.02. The number of nitrogen functional groups attached to an aromatic ring is 1. The predicted molar refractivity (Wildman–Crippen MR) is 94.5 cm³/mol. The third kappa shape index (κ3) is 5.13. The number of hydrogen-bond donors (Lipinski definition) is 1. The number of aryl methyl sites for hydroxylation is 2. The molecule has 0 spiro atoms. The Hall–Kier alpha value is -2.28. The van der Waals surface area contributed by atoms with Gasteiger partial charge in [0, 0.05) is 11.9 Å². The lowest BCUT2D eigenvalue weighted by molar-refractivity contribution is 0.0526. The molecule has 24 heavy (non-hydrogen) atoms. The molecule has 128 valence electrons. The summed E-state index contributed by atoms with van der Waals surface area (Å²) in [4.78, 5) is 19.9. The number of hydrogen-bond acceptors (Lipinski definition) is 7. The van der Waals surface area contributed by atoms with Crippen molar-refractivity contribution < 1.29 is 14.3 Å². The molecule has 0 radical (unpaired) electrons. The Kier molecular flexibility index (Phi) is 6.43. The van der Waals surface area contributed by atoms with E-state index >= 15 is 0 Å². The number of aromatic nitrogens is 2. The van der Waals surface area contributed by atoms with Crippen LogP contribution in [0.4, 0.5) is 5.82 Å². The summed E-state index contributed by atoms with van der Waals surface area (Å²) in [5.74, 6) is 1.14. The fourth-order valence-electron chi connectivity index (χ4n) is 2.12. The first kappa shape index (κ1) is 18.1. The van der Waals surface area contributed by atoms with E-state index in [1.54, 1.807) is 6.92 Å². The molecule has 0 aliphatic heterocycles. The van der Waals surface area contributed by atoms with Crippen LogP contribution in [0, 0.1) is 13.8 Å². The van der Waals surface area contributed by atoms with Crippen LogP contribution in [0.2, 0.25) is 0 Å². The maximum atomic E-state index is 11.6. The van der Waals surface area contributed by atoms with E-state index in [1.165, 1.54) is 29.1 Å². The highest BCUT2D eigenvalue weighted by Crippen LogP contribution is 2.19. The molecule has 2 aromatic rings. The molecule has 0 saturated heterocycles. The zero-order valence-corrected chi connectivity index (χ0v) is 14.9. The van der Waals surface area contributed by atoms with Gasteiger partial charge in [0.15, 0.2) is 5.16 Å². The highest BCUT2D eigenvalue weighted by atomic mass is 32.2. The number of carbonyl (C=O) groups excluding carboxylic acids is 1. The van der Waals surface area contributed by atoms with E-state index in [0.717, 1.165) is 5.75 Å². The van der Waals surface area contributed by atoms with Crippen LogP contribution in [0.5, 0.6) is 5.75 Å². The van der Waals surface area contributed by atoms with E-state index in [9.17, 15) is 4.79 Å². The molecule has 1 aromatic heterocycles. The van der Waals surface area contributed by atoms with E-state index in [1.807, 2.05) is 26.0 Å². The highest BCUT2D eigenvalue weighted by molar-refractivity contribution is 7.99. The van der Waals surface area contributed by atoms with Crippen molar-refractivity contribution in [2.24, 2.45) is 0 Å². The number of nitrogens with two attached hydrogens (primary N) is 1. The summed E-state index contributed by atoms with van der Waals surface area (Å²) in [7, 11) is 0. The molecule has 1 aromatic carbocycles. The zero-order valence-electron chi connectivity index (χ0n) is 14.0. The number of carbonyl (C=O) groups is 1. The van der Waals surface area contributed by atoms with Crippen LogP contribution in [0.25, 0.3) is 0 Å². The van der Waals surface area contributed by atoms with Gasteiger partial charge in [0.05, 0.1) is 13.2 Å². The quantitative estimate of drug-likeness (QED) is 0.356. The highest BCUT2D eigenvalue weighted by Gasteiger charge is 2.13. The van der Waals surface area contributed by atoms with Gasteiger partial charge in [-0.3, -0.25) is 0 Å². The maximum absolute atomic E-state index is 11.6. The minimum Gasteiger partial charge on any atom is -0.493 e. The largest absolute Gasteiger partial charge is 0.493 e. The second kappa shape index (κ2) is 8.54. The molecule has 0 atom stereocenters. The van der Waals surface area contributed by atoms with Gasteiger partial charge in [-0.05, 0) is 44.0 Å². The number of esters is 1. The average Bonchev–Trinajstić information content (AvgIpc) is 2.51. The Balaban J connectivity index is 1.86. The lowest BCUT2D eigenvalue weighted by atomic mass is 10.1. The van der Waals surface area contributed by atoms with E-state index in [4.69, 9.17) is 15.2 Å². The lowest BCUT2D eigenvalue weighted by Crippen LogP contribution is -2.11. The van der Waals surface area contributed by atoms with Gasteiger partial charge in [0.1, 0.15) is 17.1 Å². The van der Waals surface area contributed by atoms with Gasteiger partial charge in [0.2, 0.25) is 0 Å². The van der Waals surface area contributed by atoms with Crippen molar-refractivity contribution in [3.05, 3.63) is 41.1 Å². The standard InChI is InChI=1S/C17H21N3O3S/c1-4-22-16(21)14-10-19-17(20-15(14)18)24-6-5-23-13-8-11(2)7-12(3)9-13/h7-10H,4-6H2,1-3H3,(H2,18,19,20). The monoisotopic (exact) mass is 347 g/mol. The summed E-state index contributed by atoms with van der Waals surface area (Å²) in [5.41, 5.74) is 8.31. The summed E-state index contributed by atoms with van der Waals surface area (Å²) in [6.45, 7) is 6.61. The average molecular weight is 347 g/mol. The van der Waals surface area contributed by atoms with Crippen molar-refractivity contribution in [2.45, 2.75) is 25.9 Å². The van der Waals surface area contributed by atoms with Gasteiger partial charge in [-0.1, -0.05) is 17.8 Å². The van der Waals surface area contributed by atoms with Crippen molar-refractivity contribution in [1.82, 2.24) is 9.97 Å². The van der Waals surface area contributed by atoms with Crippen LogP contribution < -0.4 is 10.5 Å². The Bertz CT molecular complexity index is 702. The zero-order chi connectivity index (χ0) is 17.5. The van der Waals surface area contributed by atoms with Gasteiger partial charge in [-0.2, -0.15) is 0 Å². The number of anilines is 1. The minimum absolute atomic E-state index is 0.126. The second-order valence-electron chi connectivity index (χ2n) is 5.19. The molecule has 0 amide bonds. The van der Waals surface area contributed by atoms with Gasteiger partial charge >= 0.3 is 5.97 Å². The Labute approximate surface area is 145 Å². The Morgan fingerprint density at radius 1 is 1.25 bits per heavy atom. The number of benzene rings is 1. The number of ether oxygens (including phenoxy) is 2. The van der Waals surface area contributed by atoms with Gasteiger partial charge in [0.25, 0.3) is 0 Å². The molecule has 0 aliphatic carbocycles. The molecule has 0 unspecified atom stereocenters. The Morgan fingerprint density at radius 3 is 2.58 bits per heavy atom. The molecule has 0 bridgehead atoms. The van der Waals surface area contributed by atoms with Crippen molar-refractivity contribution in [3.8, 4) is 5.75 Å². The second-order valence-corrected chi connectivity index (χ2v) is 6.25. The molecule has 1 heterocycles. The van der Waals surface area contributed by atoms with Crippen molar-refractivity contribution >= 4 is 23.5 Å². The van der Waals surface area contributed by atoms with Gasteiger partial charge in [-0.25, -0.2) is 14.8 Å². The third-order valence-electron chi connectivity index (χ3n) is 3.07. The molecule has 7 heteroatoms. The van der Waals surface area contributed by atoms with Crippen LogP contribution in [-0.4, -0.2) is 34.9 Å². The fraction of sp³-hybridized carbons (Fsp3) is 0.353. The van der Waals surface area contributed by atoms with E-state index in [0.29, 0.717) is 17.5 Å². The summed E-state index contributed by atoms with van der Waals surface area (Å²) >= 11 is 1.42. The van der Waals surface area contributed by atoms with Crippen LogP contribution in [0.3, 0.4) is 0 Å². The smallest absolute Gasteiger partial charge is 0.343 e. The van der Waals surface area contributed by atoms with Crippen LogP contribution in [-0.2, 0) is 4.74 Å². The minimum atomic E-state index is -0.510. The van der Waals surface area contributed by atoms with E-state index in [2.05, 4.69) is 16.0 Å². The van der Waals surface area contributed by atoms with Gasteiger partial charge < -0.3 is 15.2 Å². The van der Waals surface area contributed by atoms with E-state index in [-0.39, 0.29) is 18.0 Å². The van der Waals surface area contributed by atoms with E-state index < -0.39 is 5.97 Å². The number of rotatable bonds is 7. The fourth-order valence-corrected chi connectivity index (χ4v) is 2.76. The maximum Gasteiger partial charge on any atom is 0.343 e. The summed E-state index contributed by atoms with van der Waals surface area (Å²) < 4.78 is 10.6. The molecule has 0 fully saturated rings. The summed E-state index contributed by atoms with van der Waals surface area (Å²) in [6, 6.07) is 6.10. The SMILES string of the molecule is CCOC(=O)c1cnc(SCCOc2cc(C)cc(C)c2)nc1N. The molecule has 0 saturated carbocycles. The van der Waals surface area contributed by atoms with Crippen LogP contribution >= 0.6 is 11.8 Å². The first-order chi connectivity index (χ1) is 11.5. The normalized spacial score (nSPS) is 10.5. The number of thioether (sulfide) groups is 1. The molecule has 2 rings (SSSR count). The molecule has 6 nitrogen and oxygen atoms in total. The molecular formula is C17H21N3O3S. The third-order valence-corrected chi connectivity index (χ3v) is 3.90. The molecule has 0 aliphatic rings. The lowest BCUT2D eigenvalue weighted by Gasteiger charge is -2.08. The topological polar surface area (TPSA) is 87.3 Å². The Morgan fingerprint density at radius 2 is 1.96 bits per heavy atom. The van der Waals surface area contributed by atoms with Crippen LogP contribution in [0.1, 0.15) is 28.4 Å². The summed E-state index contributed by atoms with van der Waals surface area (Å²) in [6.07, 6.45) is 1.40. The van der Waals surface area contributed by atoms with Gasteiger partial charge in [-0.15, -0.1) is 0 Å². The molecular weight excluding hydrogens is 326 g/mol. The van der Waals surface area contributed by atoms with Crippen molar-refractivity contribution in [1.29, 1.82) is 0 Å². The van der Waals surface area contributed by atoms with Crippen LogP contribution in [0.15, 0.2) is 29.6 Å². The summed E-state index contributed by atoms with van der Waals surface area (Å²) in [5, 5.41) is 0.504. The van der Waals surface area contributed by atoms with Crippen molar-refractivity contribution in [2.75, 3.05) is 24.7 Å². The first-order valence-corrected chi connectivity index (χ1v) is 8.61. The van der Waals surface area contributed by atoms with Crippen molar-refractivity contribution in [3.63, 3.8) is 0 Å². The first-order valence-electron chi connectivity index (χ1n) is 7.63. The molecule has 2 N–H and O–H groups in total. The number of nitrogens with zero attached hydrogens (tertiary/aromatic N) is 2.